The third-order valence-electron chi connectivity index (χ3n) is 3.76. The van der Waals surface area contributed by atoms with Crippen LogP contribution in [0.15, 0.2) is 18.2 Å². The summed E-state index contributed by atoms with van der Waals surface area (Å²) in [5.74, 6) is 0.733. The van der Waals surface area contributed by atoms with Crippen LogP contribution in [0.25, 0.3) is 0 Å². The standard InChI is InChI=1S/C16H24ClNO2/c1-18(9-3-5-14-6-4-10-20-14)12-13-7-8-16(19-2)15(17)11-13/h7-8,11,14H,3-6,9-10,12H2,1-2H3. The quantitative estimate of drug-likeness (QED) is 0.765. The summed E-state index contributed by atoms with van der Waals surface area (Å²) in [4.78, 5) is 2.33. The smallest absolute Gasteiger partial charge is 0.137 e. The van der Waals surface area contributed by atoms with Gasteiger partial charge in [-0.3, -0.25) is 0 Å². The maximum absolute atomic E-state index is 6.14. The zero-order valence-corrected chi connectivity index (χ0v) is 13.2. The normalized spacial score (nSPS) is 18.7. The van der Waals surface area contributed by atoms with E-state index < -0.39 is 0 Å². The van der Waals surface area contributed by atoms with E-state index in [1.807, 2.05) is 12.1 Å². The molecule has 112 valence electrons. The molecule has 20 heavy (non-hydrogen) atoms. The average Bonchev–Trinajstić information content (AvgIpc) is 2.92. The predicted molar refractivity (Wildman–Crippen MR) is 82.5 cm³/mol. The molecule has 0 aromatic heterocycles. The van der Waals surface area contributed by atoms with Crippen molar-refractivity contribution in [3.05, 3.63) is 28.8 Å². The Kier molecular flexibility index (Phi) is 6.14. The lowest BCUT2D eigenvalue weighted by atomic mass is 10.1. The molecule has 1 aromatic carbocycles. The van der Waals surface area contributed by atoms with Gasteiger partial charge in [-0.2, -0.15) is 0 Å². The Labute approximate surface area is 126 Å². The number of nitrogens with zero attached hydrogens (tertiary/aromatic N) is 1. The van der Waals surface area contributed by atoms with Crippen LogP contribution in [-0.4, -0.2) is 38.3 Å². The van der Waals surface area contributed by atoms with Crippen molar-refractivity contribution in [2.75, 3.05) is 27.3 Å². The van der Waals surface area contributed by atoms with Crippen LogP contribution < -0.4 is 4.74 Å². The molecule has 1 heterocycles. The van der Waals surface area contributed by atoms with Crippen LogP contribution >= 0.6 is 11.6 Å². The van der Waals surface area contributed by atoms with Crippen molar-refractivity contribution in [2.45, 2.75) is 38.3 Å². The highest BCUT2D eigenvalue weighted by atomic mass is 35.5. The lowest BCUT2D eigenvalue weighted by Crippen LogP contribution is -2.20. The Morgan fingerprint density at radius 1 is 1.45 bits per heavy atom. The van der Waals surface area contributed by atoms with Gasteiger partial charge in [0.1, 0.15) is 5.75 Å². The SMILES string of the molecule is COc1ccc(CN(C)CCCC2CCCO2)cc1Cl. The average molecular weight is 298 g/mol. The number of hydrogen-bond acceptors (Lipinski definition) is 3. The number of halogens is 1. The fraction of sp³-hybridized carbons (Fsp3) is 0.625. The van der Waals surface area contributed by atoms with E-state index in [9.17, 15) is 0 Å². The lowest BCUT2D eigenvalue weighted by Gasteiger charge is -2.18. The Morgan fingerprint density at radius 2 is 2.30 bits per heavy atom. The molecule has 1 unspecified atom stereocenters. The Balaban J connectivity index is 1.73. The molecule has 4 heteroatoms. The molecular weight excluding hydrogens is 274 g/mol. The van der Waals surface area contributed by atoms with Gasteiger partial charge in [-0.05, 0) is 57.0 Å². The first-order chi connectivity index (χ1) is 9.69. The van der Waals surface area contributed by atoms with Gasteiger partial charge in [0.25, 0.3) is 0 Å². The zero-order valence-electron chi connectivity index (χ0n) is 12.4. The van der Waals surface area contributed by atoms with Crippen molar-refractivity contribution in [2.24, 2.45) is 0 Å². The molecule has 1 atom stereocenters. The monoisotopic (exact) mass is 297 g/mol. The van der Waals surface area contributed by atoms with Gasteiger partial charge in [-0.1, -0.05) is 17.7 Å². The van der Waals surface area contributed by atoms with Gasteiger partial charge in [0, 0.05) is 13.2 Å². The molecule has 0 spiro atoms. The van der Waals surface area contributed by atoms with Crippen LogP contribution in [0.1, 0.15) is 31.2 Å². The Morgan fingerprint density at radius 3 is 2.95 bits per heavy atom. The number of hydrogen-bond donors (Lipinski definition) is 0. The third-order valence-corrected chi connectivity index (χ3v) is 4.05. The molecule has 1 aliphatic heterocycles. The van der Waals surface area contributed by atoms with Gasteiger partial charge in [-0.25, -0.2) is 0 Å². The molecule has 1 fully saturated rings. The summed E-state index contributed by atoms with van der Waals surface area (Å²) in [6.07, 6.45) is 5.32. The summed E-state index contributed by atoms with van der Waals surface area (Å²) >= 11 is 6.14. The van der Waals surface area contributed by atoms with Gasteiger partial charge < -0.3 is 14.4 Å². The molecular formula is C16H24ClNO2. The van der Waals surface area contributed by atoms with Crippen molar-refractivity contribution in [3.63, 3.8) is 0 Å². The summed E-state index contributed by atoms with van der Waals surface area (Å²) < 4.78 is 10.8. The first-order valence-electron chi connectivity index (χ1n) is 7.31. The minimum absolute atomic E-state index is 0.499. The minimum Gasteiger partial charge on any atom is -0.495 e. The van der Waals surface area contributed by atoms with E-state index in [0.29, 0.717) is 11.1 Å². The lowest BCUT2D eigenvalue weighted by molar-refractivity contribution is 0.0995. The molecule has 0 N–H and O–H groups in total. The maximum Gasteiger partial charge on any atom is 0.137 e. The summed E-state index contributed by atoms with van der Waals surface area (Å²) in [7, 11) is 3.78. The first-order valence-corrected chi connectivity index (χ1v) is 7.69. The number of ether oxygens (including phenoxy) is 2. The van der Waals surface area contributed by atoms with Crippen LogP contribution in [0.5, 0.6) is 5.75 Å². The maximum atomic E-state index is 6.14. The second kappa shape index (κ2) is 7.87. The van der Waals surface area contributed by atoms with E-state index in [1.165, 1.54) is 31.2 Å². The highest BCUT2D eigenvalue weighted by Crippen LogP contribution is 2.25. The van der Waals surface area contributed by atoms with Crippen molar-refractivity contribution >= 4 is 11.6 Å². The minimum atomic E-state index is 0.499. The second-order valence-corrected chi connectivity index (χ2v) is 5.89. The van der Waals surface area contributed by atoms with Crippen molar-refractivity contribution in [3.8, 4) is 5.75 Å². The van der Waals surface area contributed by atoms with E-state index in [-0.39, 0.29) is 0 Å². The molecule has 3 nitrogen and oxygen atoms in total. The topological polar surface area (TPSA) is 21.7 Å². The summed E-state index contributed by atoms with van der Waals surface area (Å²) in [5.41, 5.74) is 1.22. The molecule has 0 aliphatic carbocycles. The number of benzene rings is 1. The van der Waals surface area contributed by atoms with E-state index in [2.05, 4.69) is 18.0 Å². The first kappa shape index (κ1) is 15.6. The Hall–Kier alpha value is -0.770. The summed E-state index contributed by atoms with van der Waals surface area (Å²) in [6.45, 7) is 2.95. The molecule has 0 radical (unpaired) electrons. The van der Waals surface area contributed by atoms with Gasteiger partial charge >= 0.3 is 0 Å². The van der Waals surface area contributed by atoms with Crippen molar-refractivity contribution < 1.29 is 9.47 Å². The number of methoxy groups -OCH3 is 1. The van der Waals surface area contributed by atoms with Crippen LogP contribution in [0, 0.1) is 0 Å². The highest BCUT2D eigenvalue weighted by Gasteiger charge is 2.15. The van der Waals surface area contributed by atoms with Gasteiger partial charge in [0.2, 0.25) is 0 Å². The highest BCUT2D eigenvalue weighted by molar-refractivity contribution is 6.32. The van der Waals surface area contributed by atoms with E-state index in [0.717, 1.165) is 25.4 Å². The van der Waals surface area contributed by atoms with Crippen LogP contribution in [0.2, 0.25) is 5.02 Å². The molecule has 2 rings (SSSR count). The summed E-state index contributed by atoms with van der Waals surface area (Å²) in [6, 6.07) is 5.98. The van der Waals surface area contributed by atoms with E-state index in [4.69, 9.17) is 21.1 Å². The van der Waals surface area contributed by atoms with Gasteiger partial charge in [0.05, 0.1) is 18.2 Å². The van der Waals surface area contributed by atoms with Crippen LogP contribution in [-0.2, 0) is 11.3 Å². The molecule has 1 saturated heterocycles. The van der Waals surface area contributed by atoms with Gasteiger partial charge in [0.15, 0.2) is 0 Å². The Bertz CT molecular complexity index is 419. The van der Waals surface area contributed by atoms with Crippen molar-refractivity contribution in [1.82, 2.24) is 4.90 Å². The molecule has 0 amide bonds. The summed E-state index contributed by atoms with van der Waals surface area (Å²) in [5, 5.41) is 0.678. The van der Waals surface area contributed by atoms with Crippen LogP contribution in [0.3, 0.4) is 0 Å². The predicted octanol–water partition coefficient (Wildman–Crippen LogP) is 3.74. The van der Waals surface area contributed by atoms with Crippen LogP contribution in [0.4, 0.5) is 0 Å². The van der Waals surface area contributed by atoms with Gasteiger partial charge in [-0.15, -0.1) is 0 Å². The molecule has 1 aromatic rings. The molecule has 0 saturated carbocycles. The third kappa shape index (κ3) is 4.65. The van der Waals surface area contributed by atoms with E-state index >= 15 is 0 Å². The second-order valence-electron chi connectivity index (χ2n) is 5.48. The number of rotatable bonds is 7. The molecule has 0 bridgehead atoms. The van der Waals surface area contributed by atoms with E-state index in [1.54, 1.807) is 7.11 Å². The zero-order chi connectivity index (χ0) is 14.4. The fourth-order valence-corrected chi connectivity index (χ4v) is 2.94. The largest absolute Gasteiger partial charge is 0.495 e. The molecule has 1 aliphatic rings. The van der Waals surface area contributed by atoms with Crippen molar-refractivity contribution in [1.29, 1.82) is 0 Å². The fourth-order valence-electron chi connectivity index (χ4n) is 2.66.